The van der Waals surface area contributed by atoms with Crippen molar-refractivity contribution >= 4 is 8.03 Å². The fourth-order valence-corrected chi connectivity index (χ4v) is 5.41. The zero-order chi connectivity index (χ0) is 23.4. The van der Waals surface area contributed by atoms with Crippen molar-refractivity contribution in [1.29, 1.82) is 0 Å². The number of hydrogen-bond acceptors (Lipinski definition) is 2. The lowest BCUT2D eigenvalue weighted by molar-refractivity contribution is -0.910. The molecule has 182 valence electrons. The summed E-state index contributed by atoms with van der Waals surface area (Å²) in [7, 11) is 3.61. The van der Waals surface area contributed by atoms with Crippen molar-refractivity contribution in [3.63, 3.8) is 0 Å². The third-order valence-electron chi connectivity index (χ3n) is 6.65. The number of hydrogen-bond donors (Lipinski definition) is 0. The Morgan fingerprint density at radius 3 is 1.45 bits per heavy atom. The Balaban J connectivity index is 3.61. The molecule has 0 aromatic carbocycles. The summed E-state index contributed by atoms with van der Waals surface area (Å²) in [6, 6.07) is 0. The molecular weight excluding hydrogens is 401 g/mol. The van der Waals surface area contributed by atoms with Crippen LogP contribution in [-0.2, 0) is 4.57 Å². The second-order valence-electron chi connectivity index (χ2n) is 9.99. The zero-order valence-electron chi connectivity index (χ0n) is 21.5. The molecule has 3 nitrogen and oxygen atoms in total. The summed E-state index contributed by atoms with van der Waals surface area (Å²) in [6.07, 6.45) is 29.7. The van der Waals surface area contributed by atoms with E-state index < -0.39 is 13.3 Å². The van der Waals surface area contributed by atoms with E-state index >= 15 is 0 Å². The van der Waals surface area contributed by atoms with Crippen molar-refractivity contribution < 1.29 is 13.9 Å². The zero-order valence-corrected chi connectivity index (χ0v) is 22.4. The number of quaternary nitrogens is 1. The van der Waals surface area contributed by atoms with Crippen LogP contribution in [0.1, 0.15) is 123 Å². The molecule has 0 saturated heterocycles. The van der Waals surface area contributed by atoms with Crippen LogP contribution >= 0.6 is 8.03 Å². The van der Waals surface area contributed by atoms with Crippen LogP contribution in [0.25, 0.3) is 0 Å². The van der Waals surface area contributed by atoms with E-state index in [-0.39, 0.29) is 0 Å². The number of allylic oxidation sites excluding steroid dienone is 4. The van der Waals surface area contributed by atoms with Gasteiger partial charge in [-0.2, -0.15) is 0 Å². The molecular formula is C27H53NO2P+. The average molecular weight is 455 g/mol. The molecule has 0 amide bonds. The minimum absolute atomic E-state index is 0.506. The van der Waals surface area contributed by atoms with Crippen molar-refractivity contribution in [2.24, 2.45) is 0 Å². The Morgan fingerprint density at radius 2 is 1.06 bits per heavy atom. The highest BCUT2D eigenvalue weighted by Gasteiger charge is 2.52. The Bertz CT molecular complexity index is 496. The molecule has 0 bridgehead atoms. The molecule has 2 unspecified atom stereocenters. The normalized spacial score (nSPS) is 15.1. The van der Waals surface area contributed by atoms with Gasteiger partial charge in [0.15, 0.2) is 0 Å². The largest absolute Gasteiger partial charge is 0.590 e. The van der Waals surface area contributed by atoms with Crippen LogP contribution in [0.5, 0.6) is 0 Å². The van der Waals surface area contributed by atoms with Gasteiger partial charge in [0.05, 0.1) is 21.1 Å². The minimum atomic E-state index is -2.42. The molecule has 0 aliphatic carbocycles. The van der Waals surface area contributed by atoms with E-state index in [1.807, 2.05) is 28.1 Å². The van der Waals surface area contributed by atoms with Crippen molar-refractivity contribution in [3.05, 3.63) is 24.3 Å². The molecule has 4 heteroatoms. The molecule has 0 spiro atoms. The van der Waals surface area contributed by atoms with Gasteiger partial charge in [0.1, 0.15) is 0 Å². The molecule has 0 heterocycles. The highest BCUT2D eigenvalue weighted by atomic mass is 31.1. The van der Waals surface area contributed by atoms with Gasteiger partial charge in [-0.05, 0) is 51.4 Å². The Labute approximate surface area is 195 Å². The van der Waals surface area contributed by atoms with E-state index in [1.54, 1.807) is 0 Å². The predicted octanol–water partition coefficient (Wildman–Crippen LogP) is 8.28. The monoisotopic (exact) mass is 454 g/mol. The Hall–Kier alpha value is -0.500. The van der Waals surface area contributed by atoms with E-state index in [0.29, 0.717) is 10.9 Å². The minimum Gasteiger partial charge on any atom is -0.590 e. The third kappa shape index (κ3) is 14.3. The third-order valence-corrected chi connectivity index (χ3v) is 8.47. The number of rotatable bonds is 21. The van der Waals surface area contributed by atoms with Crippen LogP contribution in [0.2, 0.25) is 0 Å². The standard InChI is InChI=1S/C27H53NO2P/c1-6-8-9-10-11-12-13-14-15-16-17-18-19-20-21-22-23-24-25-26-27(7-2,31(29)30)28(3,4)5/h10-11,16-17H,6-9,12-15,18-26H2,1-5H3/q+1. The van der Waals surface area contributed by atoms with Crippen LogP contribution in [0.15, 0.2) is 24.3 Å². The SMILES string of the molecule is CCCCC=CCCCCC=CCCCCCCCCCC(CC)([P+](=O)[O-])[N+](C)(C)C. The fourth-order valence-electron chi connectivity index (χ4n) is 4.32. The molecule has 0 N–H and O–H groups in total. The maximum absolute atomic E-state index is 11.9. The smallest absolute Gasteiger partial charge is 0.376 e. The van der Waals surface area contributed by atoms with Gasteiger partial charge in [-0.25, -0.2) is 0 Å². The van der Waals surface area contributed by atoms with E-state index in [1.165, 1.54) is 83.5 Å². The molecule has 0 rings (SSSR count). The average Bonchev–Trinajstić information content (AvgIpc) is 2.71. The van der Waals surface area contributed by atoms with E-state index in [0.717, 1.165) is 19.3 Å². The lowest BCUT2D eigenvalue weighted by atomic mass is 10.0. The lowest BCUT2D eigenvalue weighted by Crippen LogP contribution is -2.55. The number of nitrogens with zero attached hydrogens (tertiary/aromatic N) is 1. The van der Waals surface area contributed by atoms with Crippen molar-refractivity contribution in [2.45, 2.75) is 128 Å². The maximum atomic E-state index is 11.9. The van der Waals surface area contributed by atoms with Crippen LogP contribution < -0.4 is 4.89 Å². The summed E-state index contributed by atoms with van der Waals surface area (Å²) < 4.78 is 12.4. The molecule has 0 saturated carbocycles. The first-order valence-electron chi connectivity index (χ1n) is 13.1. The molecule has 0 aliphatic rings. The second kappa shape index (κ2) is 19.0. The fraction of sp³-hybridized carbons (Fsp3) is 0.852. The van der Waals surface area contributed by atoms with Crippen molar-refractivity contribution in [2.75, 3.05) is 21.1 Å². The molecule has 0 radical (unpaired) electrons. The van der Waals surface area contributed by atoms with Crippen LogP contribution in [-0.4, -0.2) is 30.9 Å². The first-order valence-corrected chi connectivity index (χ1v) is 14.3. The van der Waals surface area contributed by atoms with Gasteiger partial charge >= 0.3 is 8.03 Å². The molecule has 0 aromatic heterocycles. The first kappa shape index (κ1) is 30.5. The first-order chi connectivity index (χ1) is 14.8. The van der Waals surface area contributed by atoms with Crippen molar-refractivity contribution in [3.8, 4) is 0 Å². The van der Waals surface area contributed by atoms with E-state index in [2.05, 4.69) is 31.2 Å². The highest BCUT2D eigenvalue weighted by molar-refractivity contribution is 7.38. The Kier molecular flexibility index (Phi) is 18.7. The van der Waals surface area contributed by atoms with Gasteiger partial charge in [0.2, 0.25) is 0 Å². The molecule has 0 aromatic rings. The molecule has 2 atom stereocenters. The van der Waals surface area contributed by atoms with Crippen LogP contribution in [0.4, 0.5) is 0 Å². The lowest BCUT2D eigenvalue weighted by Gasteiger charge is -2.39. The summed E-state index contributed by atoms with van der Waals surface area (Å²) in [5, 5.41) is -0.604. The van der Waals surface area contributed by atoms with E-state index in [4.69, 9.17) is 0 Å². The maximum Gasteiger partial charge on any atom is 0.376 e. The summed E-state index contributed by atoms with van der Waals surface area (Å²) in [6.45, 7) is 4.26. The molecule has 0 aliphatic heterocycles. The highest BCUT2D eigenvalue weighted by Crippen LogP contribution is 2.44. The predicted molar refractivity (Wildman–Crippen MR) is 136 cm³/mol. The van der Waals surface area contributed by atoms with Gasteiger partial charge in [-0.1, -0.05) is 87.7 Å². The quantitative estimate of drug-likeness (QED) is 0.0757. The second-order valence-corrected chi connectivity index (χ2v) is 11.3. The summed E-state index contributed by atoms with van der Waals surface area (Å²) in [4.78, 5) is 11.9. The van der Waals surface area contributed by atoms with Gasteiger partial charge in [0.25, 0.3) is 5.28 Å². The van der Waals surface area contributed by atoms with Crippen LogP contribution in [0.3, 0.4) is 0 Å². The van der Waals surface area contributed by atoms with Crippen LogP contribution in [0, 0.1) is 0 Å². The van der Waals surface area contributed by atoms with Gasteiger partial charge < -0.3 is 4.89 Å². The topological polar surface area (TPSA) is 40.1 Å². The summed E-state index contributed by atoms with van der Waals surface area (Å²) in [5.74, 6) is 0. The Morgan fingerprint density at radius 1 is 0.677 bits per heavy atom. The molecule has 0 fully saturated rings. The van der Waals surface area contributed by atoms with Gasteiger partial charge in [-0.15, -0.1) is 0 Å². The van der Waals surface area contributed by atoms with E-state index in [9.17, 15) is 9.46 Å². The number of unbranched alkanes of at least 4 members (excludes halogenated alkanes) is 12. The summed E-state index contributed by atoms with van der Waals surface area (Å²) >= 11 is 0. The molecule has 31 heavy (non-hydrogen) atoms. The van der Waals surface area contributed by atoms with Gasteiger partial charge in [0, 0.05) is 12.8 Å². The van der Waals surface area contributed by atoms with Gasteiger partial charge in [-0.3, -0.25) is 4.48 Å². The van der Waals surface area contributed by atoms with Crippen molar-refractivity contribution in [1.82, 2.24) is 0 Å². The summed E-state index contributed by atoms with van der Waals surface area (Å²) in [5.41, 5.74) is 0.